The minimum absolute atomic E-state index is 0.697. The van der Waals surface area contributed by atoms with Crippen LogP contribution in [0, 0.1) is 0 Å². The standard InChI is InChI=1S/C64H41N5S/c1-3-19-43(20-4-1)51-41-52(66-64(65-51)45-21-5-2-6-22-45)44-37-35-42(36-38-44)46-39-59(67-53-27-11-7-23-47(53)48-24-8-12-28-54(48)67)63(69-57-31-15-17-33-61(57)70-62-34-18-16-32-58(62)69)60(40-46)68-55-29-13-9-25-49(55)50-26-10-14-30-56(50)68/h1-41H. The molecular weight excluding hydrogens is 871 g/mol. The summed E-state index contributed by atoms with van der Waals surface area (Å²) in [5.74, 6) is 0.697. The van der Waals surface area contributed by atoms with E-state index < -0.39 is 0 Å². The Balaban J connectivity index is 1.07. The number of fused-ring (bicyclic) bond motifs is 8. The molecule has 14 rings (SSSR count). The SMILES string of the molecule is c1ccc(-c2cc(-c3ccc(-c4cc(-n5c6ccccc6c6ccccc65)c(N5c6ccccc6Sc6ccccc65)c(-n5c6ccccc6c6ccccc65)c4)cc3)nc(-c3ccccc3)n2)cc1. The second-order valence-corrected chi connectivity index (χ2v) is 18.8. The fourth-order valence-electron chi connectivity index (χ4n) is 10.6. The Labute approximate surface area is 409 Å². The molecule has 1 aliphatic heterocycles. The molecule has 0 aliphatic carbocycles. The van der Waals surface area contributed by atoms with E-state index in [0.29, 0.717) is 5.82 Å². The molecule has 3 aromatic heterocycles. The van der Waals surface area contributed by atoms with E-state index in [2.05, 4.69) is 238 Å². The third-order valence-corrected chi connectivity index (χ3v) is 14.8. The number of hydrogen-bond donors (Lipinski definition) is 0. The van der Waals surface area contributed by atoms with Crippen molar-refractivity contribution in [1.82, 2.24) is 19.1 Å². The lowest BCUT2D eigenvalue weighted by Gasteiger charge is -2.36. The first-order valence-electron chi connectivity index (χ1n) is 23.7. The van der Waals surface area contributed by atoms with E-state index >= 15 is 0 Å². The van der Waals surface area contributed by atoms with Crippen molar-refractivity contribution >= 4 is 72.4 Å². The molecule has 10 aromatic carbocycles. The largest absolute Gasteiger partial charge is 0.307 e. The summed E-state index contributed by atoms with van der Waals surface area (Å²) in [6, 6.07) is 89.5. The van der Waals surface area contributed by atoms with E-state index in [0.717, 1.165) is 89.7 Å². The van der Waals surface area contributed by atoms with Gasteiger partial charge in [0.2, 0.25) is 0 Å². The summed E-state index contributed by atoms with van der Waals surface area (Å²) < 4.78 is 5.00. The molecule has 6 heteroatoms. The Kier molecular flexibility index (Phi) is 9.39. The summed E-state index contributed by atoms with van der Waals surface area (Å²) >= 11 is 1.83. The molecule has 13 aromatic rings. The van der Waals surface area contributed by atoms with Gasteiger partial charge in [-0.2, -0.15) is 0 Å². The number of nitrogens with zero attached hydrogens (tertiary/aromatic N) is 5. The van der Waals surface area contributed by atoms with Gasteiger partial charge >= 0.3 is 0 Å². The van der Waals surface area contributed by atoms with Crippen LogP contribution in [0.25, 0.3) is 100 Å². The van der Waals surface area contributed by atoms with Crippen molar-refractivity contribution in [3.05, 3.63) is 249 Å². The Morgan fingerprint density at radius 3 is 1.13 bits per heavy atom. The Bertz CT molecular complexity index is 3810. The highest BCUT2D eigenvalue weighted by Gasteiger charge is 2.32. The van der Waals surface area contributed by atoms with Gasteiger partial charge in [-0.3, -0.25) is 0 Å². The van der Waals surface area contributed by atoms with Gasteiger partial charge in [-0.15, -0.1) is 0 Å². The summed E-state index contributed by atoms with van der Waals surface area (Å²) in [5.41, 5.74) is 17.1. The third kappa shape index (κ3) is 6.49. The van der Waals surface area contributed by atoms with Gasteiger partial charge < -0.3 is 14.0 Å². The predicted molar refractivity (Wildman–Crippen MR) is 291 cm³/mol. The van der Waals surface area contributed by atoms with E-state index in [1.165, 1.54) is 31.3 Å². The second-order valence-electron chi connectivity index (χ2n) is 17.7. The van der Waals surface area contributed by atoms with Gasteiger partial charge in [0, 0.05) is 48.0 Å². The molecule has 0 radical (unpaired) electrons. The molecule has 0 amide bonds. The second kappa shape index (κ2) is 16.4. The Hall–Kier alpha value is -8.97. The minimum atomic E-state index is 0.697. The molecule has 0 fully saturated rings. The normalized spacial score (nSPS) is 12.2. The van der Waals surface area contributed by atoms with Crippen LogP contribution < -0.4 is 4.90 Å². The van der Waals surface area contributed by atoms with Gasteiger partial charge in [0.05, 0.1) is 61.9 Å². The van der Waals surface area contributed by atoms with Crippen molar-refractivity contribution in [2.45, 2.75) is 9.79 Å². The molecule has 0 bridgehead atoms. The highest BCUT2D eigenvalue weighted by Crippen LogP contribution is 2.55. The fraction of sp³-hybridized carbons (Fsp3) is 0. The first kappa shape index (κ1) is 40.1. The molecule has 0 saturated heterocycles. The number of para-hydroxylation sites is 6. The van der Waals surface area contributed by atoms with Crippen molar-refractivity contribution in [2.75, 3.05) is 4.90 Å². The van der Waals surface area contributed by atoms with Gasteiger partial charge in [-0.05, 0) is 77.9 Å². The molecule has 5 nitrogen and oxygen atoms in total. The number of benzene rings is 10. The van der Waals surface area contributed by atoms with Crippen molar-refractivity contribution in [1.29, 1.82) is 0 Å². The average molecular weight is 912 g/mol. The number of hydrogen-bond acceptors (Lipinski definition) is 4. The number of anilines is 3. The smallest absolute Gasteiger partial charge is 0.160 e. The summed E-state index contributed by atoms with van der Waals surface area (Å²) in [6.07, 6.45) is 0. The zero-order chi connectivity index (χ0) is 46.1. The lowest BCUT2D eigenvalue weighted by Crippen LogP contribution is -2.19. The van der Waals surface area contributed by atoms with Crippen molar-refractivity contribution in [3.63, 3.8) is 0 Å². The predicted octanol–water partition coefficient (Wildman–Crippen LogP) is 17.3. The summed E-state index contributed by atoms with van der Waals surface area (Å²) in [7, 11) is 0. The molecule has 0 N–H and O–H groups in total. The van der Waals surface area contributed by atoms with E-state index in [1.54, 1.807) is 0 Å². The molecule has 1 aliphatic rings. The van der Waals surface area contributed by atoms with Gasteiger partial charge in [0.1, 0.15) is 0 Å². The van der Waals surface area contributed by atoms with Gasteiger partial charge in [0.15, 0.2) is 5.82 Å². The van der Waals surface area contributed by atoms with Gasteiger partial charge in [-0.25, -0.2) is 9.97 Å². The topological polar surface area (TPSA) is 38.9 Å². The summed E-state index contributed by atoms with van der Waals surface area (Å²) in [6.45, 7) is 0. The first-order chi connectivity index (χ1) is 34.7. The average Bonchev–Trinajstić information content (AvgIpc) is 3.95. The van der Waals surface area contributed by atoms with Crippen molar-refractivity contribution in [3.8, 4) is 56.4 Å². The zero-order valence-corrected chi connectivity index (χ0v) is 38.6. The third-order valence-electron chi connectivity index (χ3n) is 13.7. The molecule has 4 heterocycles. The van der Waals surface area contributed by atoms with Crippen LogP contribution in [0.2, 0.25) is 0 Å². The monoisotopic (exact) mass is 911 g/mol. The van der Waals surface area contributed by atoms with Crippen LogP contribution in [0.4, 0.5) is 17.1 Å². The molecular formula is C64H41N5S. The zero-order valence-electron chi connectivity index (χ0n) is 37.8. The molecule has 0 unspecified atom stereocenters. The minimum Gasteiger partial charge on any atom is -0.307 e. The van der Waals surface area contributed by atoms with Gasteiger partial charge in [0.25, 0.3) is 0 Å². The van der Waals surface area contributed by atoms with Crippen LogP contribution in [-0.2, 0) is 0 Å². The lowest BCUT2D eigenvalue weighted by atomic mass is 9.98. The van der Waals surface area contributed by atoms with Crippen molar-refractivity contribution in [2.24, 2.45) is 0 Å². The molecule has 328 valence electrons. The maximum atomic E-state index is 5.19. The molecule has 0 atom stereocenters. The van der Waals surface area contributed by atoms with Crippen LogP contribution >= 0.6 is 11.8 Å². The summed E-state index contributed by atoms with van der Waals surface area (Å²) in [5, 5.41) is 4.84. The van der Waals surface area contributed by atoms with Crippen LogP contribution in [-0.4, -0.2) is 19.1 Å². The van der Waals surface area contributed by atoms with E-state index in [1.807, 2.05) is 36.0 Å². The quantitative estimate of drug-likeness (QED) is 0.160. The maximum Gasteiger partial charge on any atom is 0.160 e. The van der Waals surface area contributed by atoms with E-state index in [4.69, 9.17) is 9.97 Å². The molecule has 0 spiro atoms. The molecule has 0 saturated carbocycles. The maximum absolute atomic E-state index is 5.19. The first-order valence-corrected chi connectivity index (χ1v) is 24.5. The van der Waals surface area contributed by atoms with Crippen molar-refractivity contribution < 1.29 is 0 Å². The van der Waals surface area contributed by atoms with Crippen LogP contribution in [0.1, 0.15) is 0 Å². The lowest BCUT2D eigenvalue weighted by molar-refractivity contribution is 1.08. The van der Waals surface area contributed by atoms with E-state index in [-0.39, 0.29) is 0 Å². The Morgan fingerprint density at radius 1 is 0.286 bits per heavy atom. The number of aromatic nitrogens is 4. The Morgan fingerprint density at radius 2 is 0.657 bits per heavy atom. The van der Waals surface area contributed by atoms with E-state index in [9.17, 15) is 0 Å². The van der Waals surface area contributed by atoms with Gasteiger partial charge in [-0.1, -0.05) is 194 Å². The summed E-state index contributed by atoms with van der Waals surface area (Å²) in [4.78, 5) is 15.2. The number of rotatable bonds is 7. The molecule has 70 heavy (non-hydrogen) atoms. The van der Waals surface area contributed by atoms with Crippen LogP contribution in [0.5, 0.6) is 0 Å². The van der Waals surface area contributed by atoms with Crippen LogP contribution in [0.15, 0.2) is 259 Å². The highest BCUT2D eigenvalue weighted by atomic mass is 32.2. The van der Waals surface area contributed by atoms with Crippen LogP contribution in [0.3, 0.4) is 0 Å². The fourth-order valence-corrected chi connectivity index (χ4v) is 11.6. The highest BCUT2D eigenvalue weighted by molar-refractivity contribution is 7.99.